The van der Waals surface area contributed by atoms with Crippen LogP contribution in [0.2, 0.25) is 0 Å². The quantitative estimate of drug-likeness (QED) is 0.0713. The van der Waals surface area contributed by atoms with Gasteiger partial charge in [-0.1, -0.05) is 11.8 Å². The highest BCUT2D eigenvalue weighted by molar-refractivity contribution is 6.08. The molecule has 11 rings (SSSR count). The standard InChI is InChI=1S/C61H16F48N10O5/c62-28-16-18(30(64)24(46(70,54(86,87)88)55(89,90)91)22(28)44(68,50(74,75)76)51(77,78)79)38-113-36(16)111-34-11-4-2-9(1-3-10-7-119(43(123)118-42(10)122)15-6-13(121)14(8-120)124-15)5-12(11)35(110-34)112-37-17-19(31(65)25(47(71,56(92,93)94)57(95,96)97)23(29(17)63)45(69,52(80,81)82)53(83,84)85)39(114-37)116-41-21-20(40(115-38)117-41)32(66)26(48(72,58(98,99)100)59(101,102)103)27(33(21)67)49(73,60(104,105)106)61(107,108)109/h2,4-5,7,13-15,120-121H,6,8H2,(H,118,122,123)(H2,110,111,112,113,114,115,116,117)/t13-,14+,15+/m0/s1. The highest BCUT2D eigenvalue weighted by Crippen LogP contribution is 2.68. The first kappa shape index (κ1) is 93.7. The number of fused-ring (bicyclic) bond motifs is 20. The molecule has 3 atom stereocenters. The number of nitrogens with zero attached hydrogens (tertiary/aromatic N) is 7. The second-order valence-corrected chi connectivity index (χ2v) is 25.8. The van der Waals surface area contributed by atoms with E-state index in [0.717, 1.165) is 0 Å². The summed E-state index contributed by atoms with van der Waals surface area (Å²) in [6.45, 7) is -1.01. The molecule has 1 saturated heterocycles. The lowest BCUT2D eigenvalue weighted by atomic mass is 9.78. The van der Waals surface area contributed by atoms with Gasteiger partial charge < -0.3 is 24.9 Å². The minimum absolute atomic E-state index is 0.0470. The average Bonchev–Trinajstić information content (AvgIpc) is 1.28. The first-order chi connectivity index (χ1) is 55.6. The van der Waals surface area contributed by atoms with Gasteiger partial charge >= 0.3 is 114 Å². The van der Waals surface area contributed by atoms with E-state index in [4.69, 9.17) is 4.74 Å². The van der Waals surface area contributed by atoms with E-state index in [1.54, 1.807) is 4.98 Å². The number of nitrogens with one attached hydrogen (secondary N) is 3. The molecule has 4 aromatic carbocycles. The van der Waals surface area contributed by atoms with Crippen molar-refractivity contribution in [3.8, 4) is 57.4 Å². The number of aliphatic hydroxyl groups excluding tert-OH is 2. The molecule has 8 bridgehead atoms. The Balaban J connectivity index is 1.53. The number of aromatic nitrogens is 10. The Labute approximate surface area is 640 Å². The SMILES string of the molecule is O=c1[nH]c(=O)n([C@H]2C[C@H](O)[C@@H](CO)O2)cc1C#Cc1ccc2c3nc4nc(nc5[nH]c(nc6nc(nc([nH]3)c2c1)-c1c(F)c(C(F)(C(F)(F)F)C(F)(F)F)c(C(F)(C(F)(F)F)C(F)(F)F)c(F)c1-6)c1c(F)c(C(F)(C(F)(F)F)C(F)(F)F)c(C(F)(C(F)(F)F)C(F)(F)F)c(F)c51)-c1c(F)c(C(F)(C(F)(F)F)C(F)(F)F)c(C(F)(C(F)(F)F)C(F)(F)F)c(F)c1-4. The predicted octanol–water partition coefficient (Wildman–Crippen LogP) is 19.3. The van der Waals surface area contributed by atoms with Crippen molar-refractivity contribution in [3.63, 3.8) is 0 Å². The fourth-order valence-corrected chi connectivity index (χ4v) is 13.0. The Morgan fingerprint density at radius 1 is 0.363 bits per heavy atom. The molecule has 8 aromatic rings. The number of halogens is 48. The lowest BCUT2D eigenvalue weighted by Crippen LogP contribution is -2.56. The van der Waals surface area contributed by atoms with Crippen LogP contribution in [0, 0.1) is 46.7 Å². The summed E-state index contributed by atoms with van der Waals surface area (Å²) in [4.78, 5) is 45.4. The van der Waals surface area contributed by atoms with Crippen LogP contribution in [0.1, 0.15) is 57.2 Å². The Morgan fingerprint density at radius 3 is 0.903 bits per heavy atom. The molecule has 124 heavy (non-hydrogen) atoms. The molecular weight excluding hydrogens is 1860 g/mol. The fourth-order valence-electron chi connectivity index (χ4n) is 13.0. The van der Waals surface area contributed by atoms with Gasteiger partial charge in [-0.05, 0) is 18.2 Å². The van der Waals surface area contributed by atoms with Gasteiger partial charge in [0.05, 0.1) is 79.1 Å². The van der Waals surface area contributed by atoms with Crippen LogP contribution in [0.25, 0.3) is 89.7 Å². The topological polar surface area (TPSA) is 213 Å². The molecular formula is C61H16F48N10O5. The summed E-state index contributed by atoms with van der Waals surface area (Å²) in [7, 11) is 0. The van der Waals surface area contributed by atoms with E-state index >= 15 is 52.7 Å². The number of rotatable bonds is 8. The number of hydrogen-bond acceptors (Lipinski definition) is 11. The van der Waals surface area contributed by atoms with Crippen molar-refractivity contribution in [1.82, 2.24) is 49.4 Å². The third-order valence-electron chi connectivity index (χ3n) is 18.6. The van der Waals surface area contributed by atoms with Gasteiger partial charge in [0.2, 0.25) is 0 Å². The molecule has 0 amide bonds. The van der Waals surface area contributed by atoms with Gasteiger partial charge in [0.1, 0.15) is 75.4 Å². The molecule has 0 aliphatic carbocycles. The summed E-state index contributed by atoms with van der Waals surface area (Å²) in [5, 5.41) is 8.45. The average molecular weight is 1880 g/mol. The minimum atomic E-state index is -8.92. The van der Waals surface area contributed by atoms with E-state index in [0.29, 0.717) is 15.7 Å². The van der Waals surface area contributed by atoms with Gasteiger partial charge in [0.25, 0.3) is 5.56 Å². The predicted molar refractivity (Wildman–Crippen MR) is 304 cm³/mol. The molecule has 4 aromatic heterocycles. The van der Waals surface area contributed by atoms with Gasteiger partial charge in [-0.25, -0.2) is 87.4 Å². The molecule has 15 nitrogen and oxygen atoms in total. The van der Waals surface area contributed by atoms with Crippen LogP contribution in [-0.2, 0) is 38.7 Å². The molecule has 63 heteroatoms. The number of H-pyrrole nitrogens is 3. The summed E-state index contributed by atoms with van der Waals surface area (Å²) in [5.41, 5.74) is -118. The normalized spacial score (nSPS) is 17.0. The third kappa shape index (κ3) is 13.0. The first-order valence-corrected chi connectivity index (χ1v) is 31.0. The Morgan fingerprint density at radius 2 is 0.629 bits per heavy atom. The highest BCUT2D eigenvalue weighted by Gasteiger charge is 2.85. The second-order valence-electron chi connectivity index (χ2n) is 25.8. The number of alkyl halides is 42. The van der Waals surface area contributed by atoms with Crippen molar-refractivity contribution in [2.24, 2.45) is 0 Å². The second kappa shape index (κ2) is 27.7. The van der Waals surface area contributed by atoms with Crippen molar-refractivity contribution in [2.75, 3.05) is 6.61 Å². The van der Waals surface area contributed by atoms with Crippen LogP contribution in [0.15, 0.2) is 34.0 Å². The number of ether oxygens (including phenoxy) is 1. The third-order valence-corrected chi connectivity index (χ3v) is 18.6. The monoisotopic (exact) mass is 1880 g/mol. The van der Waals surface area contributed by atoms with E-state index in [1.165, 1.54) is 4.98 Å². The maximum absolute atomic E-state index is 17.9. The fraction of sp³-hybridized carbons (Fsp3) is 0.377. The molecule has 5 N–H and O–H groups in total. The van der Waals surface area contributed by atoms with Gasteiger partial charge in [0.15, 0.2) is 23.3 Å². The highest BCUT2D eigenvalue weighted by atomic mass is 19.5. The van der Waals surface area contributed by atoms with Gasteiger partial charge in [-0.3, -0.25) is 14.3 Å². The maximum Gasteiger partial charge on any atom is 0.436 e. The number of aromatic amines is 3. The van der Waals surface area contributed by atoms with Crippen LogP contribution in [0.4, 0.5) is 211 Å². The number of hydrogen-bond donors (Lipinski definition) is 5. The lowest BCUT2D eigenvalue weighted by Gasteiger charge is -2.37. The van der Waals surface area contributed by atoms with Crippen molar-refractivity contribution in [2.45, 2.75) is 133 Å². The smallest absolute Gasteiger partial charge is 0.394 e. The van der Waals surface area contributed by atoms with Gasteiger partial charge in [-0.15, -0.1) is 0 Å². The molecule has 3 aliphatic rings. The van der Waals surface area contributed by atoms with Crippen LogP contribution >= 0.6 is 0 Å². The molecule has 0 unspecified atom stereocenters. The van der Waals surface area contributed by atoms with E-state index < -0.39 is 320 Å². The first-order valence-electron chi connectivity index (χ1n) is 31.0. The van der Waals surface area contributed by atoms with E-state index in [9.17, 15) is 178 Å². The summed E-state index contributed by atoms with van der Waals surface area (Å²) in [6.07, 6.45) is -110. The largest absolute Gasteiger partial charge is 0.436 e. The molecule has 0 spiro atoms. The summed E-state index contributed by atoms with van der Waals surface area (Å²) < 4.78 is 751. The summed E-state index contributed by atoms with van der Waals surface area (Å²) in [5.74, 6) is -39.3. The molecule has 0 saturated carbocycles. The van der Waals surface area contributed by atoms with Crippen molar-refractivity contribution >= 4 is 44.1 Å². The van der Waals surface area contributed by atoms with Crippen molar-refractivity contribution in [3.05, 3.63) is 125 Å². The van der Waals surface area contributed by atoms with Gasteiger partial charge in [-0.2, -0.15) is 158 Å². The molecule has 7 heterocycles. The zero-order chi connectivity index (χ0) is 94.5. The molecule has 0 radical (unpaired) electrons. The summed E-state index contributed by atoms with van der Waals surface area (Å²) in [6, 6.07) is 0.397. The zero-order valence-corrected chi connectivity index (χ0v) is 56.3. The number of benzene rings is 4. The van der Waals surface area contributed by atoms with Crippen LogP contribution in [0.3, 0.4) is 0 Å². The van der Waals surface area contributed by atoms with Crippen molar-refractivity contribution < 1.29 is 226 Å². The van der Waals surface area contributed by atoms with E-state index in [-0.39, 0.29) is 18.2 Å². The zero-order valence-electron chi connectivity index (χ0n) is 56.3. The molecule has 1 fully saturated rings. The van der Waals surface area contributed by atoms with Crippen molar-refractivity contribution in [1.29, 1.82) is 0 Å². The lowest BCUT2D eigenvalue weighted by molar-refractivity contribution is -0.361. The Bertz CT molecular complexity index is 6090. The molecule has 676 valence electrons. The van der Waals surface area contributed by atoms with Gasteiger partial charge in [0, 0.05) is 29.0 Å². The van der Waals surface area contributed by atoms with E-state index in [1.807, 2.05) is 11.8 Å². The number of aliphatic hydroxyl groups is 2. The summed E-state index contributed by atoms with van der Waals surface area (Å²) >= 11 is 0. The Hall–Kier alpha value is -11.0. The van der Waals surface area contributed by atoms with E-state index in [2.05, 4.69) is 29.9 Å². The van der Waals surface area contributed by atoms with Crippen LogP contribution in [0.5, 0.6) is 0 Å². The van der Waals surface area contributed by atoms with Crippen LogP contribution < -0.4 is 11.2 Å². The minimum Gasteiger partial charge on any atom is -0.394 e. The Kier molecular flexibility index (Phi) is 21.0. The molecule has 3 aliphatic heterocycles. The maximum atomic E-state index is 17.9. The van der Waals surface area contributed by atoms with Crippen LogP contribution in [-0.4, -0.2) is 153 Å².